The number of rotatable bonds is 8. The van der Waals surface area contributed by atoms with E-state index in [1.54, 1.807) is 13.8 Å². The zero-order chi connectivity index (χ0) is 26.5. The van der Waals surface area contributed by atoms with E-state index in [1.165, 1.54) is 5.56 Å². The Hall–Kier alpha value is -3.02. The van der Waals surface area contributed by atoms with Crippen molar-refractivity contribution >= 4 is 17.6 Å². The summed E-state index contributed by atoms with van der Waals surface area (Å²) in [4.78, 5) is 27.6. The lowest BCUT2D eigenvalue weighted by Crippen LogP contribution is -2.43. The van der Waals surface area contributed by atoms with Crippen molar-refractivity contribution in [3.05, 3.63) is 59.7 Å². The maximum Gasteiger partial charge on any atom is 0.350 e. The van der Waals surface area contributed by atoms with Crippen LogP contribution < -0.4 is 9.64 Å². The SMILES string of the molecule is CC(C)c1ccc(COC(=O)[C@H]2CCCN(c3cccc(OC(C)(C)C(=O)OC(C)(C)C)c3)C2)cc1. The minimum absolute atomic E-state index is 0.161. The van der Waals surface area contributed by atoms with Gasteiger partial charge in [0, 0.05) is 24.8 Å². The van der Waals surface area contributed by atoms with Crippen LogP contribution in [0.25, 0.3) is 0 Å². The number of piperidine rings is 1. The highest BCUT2D eigenvalue weighted by atomic mass is 16.6. The van der Waals surface area contributed by atoms with Gasteiger partial charge >= 0.3 is 11.9 Å². The highest BCUT2D eigenvalue weighted by molar-refractivity contribution is 5.79. The Kier molecular flexibility index (Phi) is 8.70. The molecule has 2 aromatic carbocycles. The number of anilines is 1. The summed E-state index contributed by atoms with van der Waals surface area (Å²) < 4.78 is 17.2. The average molecular weight is 496 g/mol. The summed E-state index contributed by atoms with van der Waals surface area (Å²) in [6.07, 6.45) is 1.71. The highest BCUT2D eigenvalue weighted by Gasteiger charge is 2.35. The van der Waals surface area contributed by atoms with E-state index in [2.05, 4.69) is 30.9 Å². The predicted octanol–water partition coefficient (Wildman–Crippen LogP) is 6.27. The quantitative estimate of drug-likeness (QED) is 0.402. The number of carbonyl (C=O) groups excluding carboxylic acids is 2. The van der Waals surface area contributed by atoms with Crippen molar-refractivity contribution in [1.82, 2.24) is 0 Å². The topological polar surface area (TPSA) is 65.1 Å². The van der Waals surface area contributed by atoms with Crippen LogP contribution in [0.4, 0.5) is 5.69 Å². The molecule has 36 heavy (non-hydrogen) atoms. The summed E-state index contributed by atoms with van der Waals surface area (Å²) in [5, 5.41) is 0. The molecule has 0 unspecified atom stereocenters. The zero-order valence-electron chi connectivity index (χ0n) is 22.8. The van der Waals surface area contributed by atoms with Crippen LogP contribution in [0.15, 0.2) is 48.5 Å². The first-order valence-corrected chi connectivity index (χ1v) is 12.9. The Balaban J connectivity index is 1.59. The van der Waals surface area contributed by atoms with Gasteiger partial charge < -0.3 is 19.1 Å². The third kappa shape index (κ3) is 7.74. The van der Waals surface area contributed by atoms with Crippen molar-refractivity contribution in [1.29, 1.82) is 0 Å². The number of benzene rings is 2. The molecule has 0 saturated carbocycles. The van der Waals surface area contributed by atoms with Crippen molar-refractivity contribution in [3.63, 3.8) is 0 Å². The number of nitrogens with zero attached hydrogens (tertiary/aromatic N) is 1. The fourth-order valence-corrected chi connectivity index (χ4v) is 4.16. The number of hydrogen-bond donors (Lipinski definition) is 0. The third-order valence-electron chi connectivity index (χ3n) is 6.23. The van der Waals surface area contributed by atoms with Gasteiger partial charge in [0.25, 0.3) is 0 Å². The van der Waals surface area contributed by atoms with Gasteiger partial charge in [0.2, 0.25) is 0 Å². The summed E-state index contributed by atoms with van der Waals surface area (Å²) >= 11 is 0. The lowest BCUT2D eigenvalue weighted by atomic mass is 9.97. The number of carbonyl (C=O) groups is 2. The molecule has 1 atom stereocenters. The van der Waals surface area contributed by atoms with E-state index in [-0.39, 0.29) is 18.5 Å². The molecule has 0 bridgehead atoms. The molecule has 1 heterocycles. The fourth-order valence-electron chi connectivity index (χ4n) is 4.16. The van der Waals surface area contributed by atoms with Gasteiger partial charge in [-0.2, -0.15) is 0 Å². The van der Waals surface area contributed by atoms with Gasteiger partial charge in [-0.3, -0.25) is 4.79 Å². The van der Waals surface area contributed by atoms with Crippen LogP contribution in [0.5, 0.6) is 5.75 Å². The highest BCUT2D eigenvalue weighted by Crippen LogP contribution is 2.29. The summed E-state index contributed by atoms with van der Waals surface area (Å²) in [5.41, 5.74) is 1.50. The molecule has 0 aromatic heterocycles. The van der Waals surface area contributed by atoms with Crippen molar-refractivity contribution in [2.75, 3.05) is 18.0 Å². The average Bonchev–Trinajstić information content (AvgIpc) is 2.81. The Morgan fingerprint density at radius 3 is 2.36 bits per heavy atom. The van der Waals surface area contributed by atoms with E-state index in [9.17, 15) is 9.59 Å². The third-order valence-corrected chi connectivity index (χ3v) is 6.23. The summed E-state index contributed by atoms with van der Waals surface area (Å²) in [6, 6.07) is 15.9. The first-order valence-electron chi connectivity index (χ1n) is 12.9. The summed E-state index contributed by atoms with van der Waals surface area (Å²) in [7, 11) is 0. The maximum atomic E-state index is 12.8. The van der Waals surface area contributed by atoms with Crippen LogP contribution >= 0.6 is 0 Å². The first-order chi connectivity index (χ1) is 16.8. The van der Waals surface area contributed by atoms with Gasteiger partial charge in [0.1, 0.15) is 18.0 Å². The van der Waals surface area contributed by atoms with E-state index in [1.807, 2.05) is 57.2 Å². The molecule has 0 amide bonds. The van der Waals surface area contributed by atoms with Crippen LogP contribution in [-0.4, -0.2) is 36.2 Å². The molecule has 6 nitrogen and oxygen atoms in total. The number of ether oxygens (including phenoxy) is 3. The molecule has 196 valence electrons. The molecule has 1 saturated heterocycles. The molecule has 3 rings (SSSR count). The number of hydrogen-bond acceptors (Lipinski definition) is 6. The lowest BCUT2D eigenvalue weighted by Gasteiger charge is -2.34. The second kappa shape index (κ2) is 11.4. The molecular weight excluding hydrogens is 454 g/mol. The zero-order valence-corrected chi connectivity index (χ0v) is 22.8. The van der Waals surface area contributed by atoms with Gasteiger partial charge in [0.05, 0.1) is 5.92 Å². The van der Waals surface area contributed by atoms with Crippen LogP contribution in [0.1, 0.15) is 78.4 Å². The molecule has 2 aromatic rings. The van der Waals surface area contributed by atoms with Crippen LogP contribution in [0.3, 0.4) is 0 Å². The number of esters is 2. The summed E-state index contributed by atoms with van der Waals surface area (Å²) in [6.45, 7) is 15.0. The largest absolute Gasteiger partial charge is 0.476 e. The van der Waals surface area contributed by atoms with Gasteiger partial charge in [0.15, 0.2) is 5.60 Å². The van der Waals surface area contributed by atoms with Gasteiger partial charge in [-0.25, -0.2) is 4.79 Å². The van der Waals surface area contributed by atoms with E-state index in [0.717, 1.165) is 30.6 Å². The molecule has 0 spiro atoms. The van der Waals surface area contributed by atoms with Gasteiger partial charge in [-0.1, -0.05) is 44.2 Å². The molecule has 0 aliphatic carbocycles. The molecule has 6 heteroatoms. The van der Waals surface area contributed by atoms with Crippen molar-refractivity contribution < 1.29 is 23.8 Å². The minimum Gasteiger partial charge on any atom is -0.476 e. The van der Waals surface area contributed by atoms with Crippen LogP contribution in [-0.2, 0) is 25.7 Å². The Bertz CT molecular complexity index is 1040. The van der Waals surface area contributed by atoms with E-state index < -0.39 is 17.2 Å². The Morgan fingerprint density at radius 1 is 1.03 bits per heavy atom. The lowest BCUT2D eigenvalue weighted by molar-refractivity contribution is -0.171. The molecule has 1 aliphatic heterocycles. The smallest absolute Gasteiger partial charge is 0.350 e. The van der Waals surface area contributed by atoms with Crippen molar-refractivity contribution in [2.45, 2.75) is 85.0 Å². The molecular formula is C30H41NO5. The predicted molar refractivity (Wildman–Crippen MR) is 142 cm³/mol. The molecule has 0 N–H and O–H groups in total. The molecule has 1 aliphatic rings. The van der Waals surface area contributed by atoms with Gasteiger partial charge in [-0.15, -0.1) is 0 Å². The van der Waals surface area contributed by atoms with Crippen LogP contribution in [0.2, 0.25) is 0 Å². The Morgan fingerprint density at radius 2 is 1.72 bits per heavy atom. The standard InChI is InChI=1S/C30H41NO5/c1-21(2)23-15-13-22(14-16-23)20-34-27(32)24-10-9-17-31(19-24)25-11-8-12-26(18-25)35-30(6,7)28(33)36-29(3,4)5/h8,11-16,18,21,24H,9-10,17,19-20H2,1-7H3/t24-/m0/s1. The van der Waals surface area contributed by atoms with Gasteiger partial charge in [-0.05, 0) is 76.6 Å². The minimum atomic E-state index is -1.13. The maximum absolute atomic E-state index is 12.8. The van der Waals surface area contributed by atoms with E-state index in [0.29, 0.717) is 18.2 Å². The summed E-state index contributed by atoms with van der Waals surface area (Å²) in [5.74, 6) is 0.294. The Labute approximate surface area is 215 Å². The second-order valence-electron chi connectivity index (χ2n) is 11.4. The fraction of sp³-hybridized carbons (Fsp3) is 0.533. The van der Waals surface area contributed by atoms with Crippen molar-refractivity contribution in [3.8, 4) is 5.75 Å². The molecule has 1 fully saturated rings. The van der Waals surface area contributed by atoms with E-state index >= 15 is 0 Å². The van der Waals surface area contributed by atoms with Crippen LogP contribution in [0, 0.1) is 5.92 Å². The normalized spacial score (nSPS) is 16.6. The van der Waals surface area contributed by atoms with E-state index in [4.69, 9.17) is 14.2 Å². The monoisotopic (exact) mass is 495 g/mol. The van der Waals surface area contributed by atoms with Crippen molar-refractivity contribution in [2.24, 2.45) is 5.92 Å². The second-order valence-corrected chi connectivity index (χ2v) is 11.4. The first kappa shape index (κ1) is 27.6. The molecule has 0 radical (unpaired) electrons.